The van der Waals surface area contributed by atoms with E-state index in [1.165, 1.54) is 83.1 Å². The first kappa shape index (κ1) is 60.5. The summed E-state index contributed by atoms with van der Waals surface area (Å²) in [6.07, 6.45) is 3.08. The first-order valence-corrected chi connectivity index (χ1v) is 31.2. The normalized spacial score (nSPS) is 13.5. The number of aryl methyl sites for hydroxylation is 2. The fraction of sp³-hybridized carbons (Fsp3) is 0.308. The van der Waals surface area contributed by atoms with Gasteiger partial charge in [-0.05, 0) is 161 Å². The number of nitrogens with zero attached hydrogens (tertiary/aromatic N) is 2. The summed E-state index contributed by atoms with van der Waals surface area (Å²) < 4.78 is 49.7. The molecule has 10 aromatic rings. The van der Waals surface area contributed by atoms with Crippen LogP contribution < -0.4 is 4.90 Å². The average molecular weight is 1180 g/mol. The van der Waals surface area contributed by atoms with Crippen molar-refractivity contribution in [1.29, 1.82) is 0 Å². The number of para-hydroxylation sites is 2. The fourth-order valence-electron chi connectivity index (χ4n) is 14.0. The summed E-state index contributed by atoms with van der Waals surface area (Å²) in [7, 11) is 6.89. The van der Waals surface area contributed by atoms with E-state index in [2.05, 4.69) is 217 Å². The molecular weight excluding hydrogens is 1090 g/mol. The van der Waals surface area contributed by atoms with Crippen LogP contribution in [-0.2, 0) is 48.7 Å². The third kappa shape index (κ3) is 12.0. The fourth-order valence-corrected chi connectivity index (χ4v) is 14.0. The summed E-state index contributed by atoms with van der Waals surface area (Å²) in [6, 6.07) is 72.6. The van der Waals surface area contributed by atoms with E-state index in [0.717, 1.165) is 65.1 Å². The smallest absolute Gasteiger partial charge is 0.0700 e. The van der Waals surface area contributed by atoms with E-state index >= 15 is 0 Å². The van der Waals surface area contributed by atoms with E-state index in [1.807, 2.05) is 0 Å². The minimum atomic E-state index is -0.411. The van der Waals surface area contributed by atoms with Gasteiger partial charge in [0.05, 0.1) is 69.6 Å². The number of hydrogen-bond acceptors (Lipinski definition) is 9. The number of anilines is 3. The molecule has 0 bridgehead atoms. The molecule has 1 aromatic heterocycles. The monoisotopic (exact) mass is 1170 g/mol. The molecule has 0 N–H and O–H groups in total. The van der Waals surface area contributed by atoms with Gasteiger partial charge < -0.3 is 47.4 Å². The molecule has 0 radical (unpaired) electrons. The molecule has 12 rings (SSSR count). The molecule has 1 heterocycles. The van der Waals surface area contributed by atoms with E-state index in [4.69, 9.17) is 37.9 Å². The van der Waals surface area contributed by atoms with Crippen LogP contribution in [0.15, 0.2) is 194 Å². The molecule has 10 nitrogen and oxygen atoms in total. The second kappa shape index (κ2) is 27.8. The zero-order chi connectivity index (χ0) is 60.5. The van der Waals surface area contributed by atoms with Crippen molar-refractivity contribution in [2.75, 3.05) is 113 Å². The zero-order valence-corrected chi connectivity index (χ0v) is 51.9. The Morgan fingerprint density at radius 1 is 0.318 bits per heavy atom. The highest BCUT2D eigenvalue weighted by Crippen LogP contribution is 2.57. The van der Waals surface area contributed by atoms with Crippen LogP contribution >= 0.6 is 0 Å². The van der Waals surface area contributed by atoms with Gasteiger partial charge in [-0.2, -0.15) is 0 Å². The SMILES string of the molecule is COCCOCCC1(CCOCCOC)c2cc(C)ccc2-c2ccc(N(c3ccc(-c4ccc5c(c4)c4ccccc4n5-c4ccccc4-c4ccccc4)cc3)c3ccc4c(c3)C(CCOCCOC)(CCOCCOC)c3cc(C)ccc3-4)cc21. The van der Waals surface area contributed by atoms with Crippen molar-refractivity contribution >= 4 is 38.9 Å². The Morgan fingerprint density at radius 2 is 0.739 bits per heavy atom. The Bertz CT molecular complexity index is 3840. The number of ether oxygens (including phenoxy) is 8. The van der Waals surface area contributed by atoms with Crippen molar-refractivity contribution in [2.24, 2.45) is 0 Å². The number of benzene rings is 9. The first-order valence-electron chi connectivity index (χ1n) is 31.2. The molecule has 10 heteroatoms. The molecule has 0 unspecified atom stereocenters. The lowest BCUT2D eigenvalue weighted by Crippen LogP contribution is -2.30. The van der Waals surface area contributed by atoms with Gasteiger partial charge in [0.1, 0.15) is 0 Å². The van der Waals surface area contributed by atoms with Crippen molar-refractivity contribution in [1.82, 2.24) is 4.57 Å². The Morgan fingerprint density at radius 3 is 1.25 bits per heavy atom. The predicted octanol–water partition coefficient (Wildman–Crippen LogP) is 16.9. The molecule has 0 spiro atoms. The van der Waals surface area contributed by atoms with Gasteiger partial charge in [-0.3, -0.25) is 0 Å². The lowest BCUT2D eigenvalue weighted by molar-refractivity contribution is 0.0490. The zero-order valence-electron chi connectivity index (χ0n) is 51.9. The molecule has 88 heavy (non-hydrogen) atoms. The number of aromatic nitrogens is 1. The number of methoxy groups -OCH3 is 4. The maximum absolute atomic E-state index is 6.38. The number of fused-ring (bicyclic) bond motifs is 9. The summed E-state index contributed by atoms with van der Waals surface area (Å²) in [5.74, 6) is 0. The maximum Gasteiger partial charge on any atom is 0.0700 e. The highest BCUT2D eigenvalue weighted by Gasteiger charge is 2.45. The minimum Gasteiger partial charge on any atom is -0.382 e. The van der Waals surface area contributed by atoms with Crippen molar-refractivity contribution in [3.63, 3.8) is 0 Å². The van der Waals surface area contributed by atoms with Crippen LogP contribution in [0.2, 0.25) is 0 Å². The van der Waals surface area contributed by atoms with Gasteiger partial charge in [-0.1, -0.05) is 145 Å². The molecule has 452 valence electrons. The Kier molecular flexibility index (Phi) is 19.1. The maximum atomic E-state index is 6.38. The van der Waals surface area contributed by atoms with Gasteiger partial charge in [0.25, 0.3) is 0 Å². The third-order valence-electron chi connectivity index (χ3n) is 18.3. The minimum absolute atomic E-state index is 0.411. The van der Waals surface area contributed by atoms with Crippen LogP contribution in [0.25, 0.3) is 72.0 Å². The van der Waals surface area contributed by atoms with Crippen molar-refractivity contribution < 1.29 is 37.9 Å². The Balaban J connectivity index is 1.01. The predicted molar refractivity (Wildman–Crippen MR) is 357 cm³/mol. The van der Waals surface area contributed by atoms with Gasteiger partial charge in [0.15, 0.2) is 0 Å². The highest BCUT2D eigenvalue weighted by molar-refractivity contribution is 6.11. The van der Waals surface area contributed by atoms with E-state index in [0.29, 0.717) is 79.3 Å². The van der Waals surface area contributed by atoms with Gasteiger partial charge in [-0.25, -0.2) is 0 Å². The van der Waals surface area contributed by atoms with Crippen molar-refractivity contribution in [2.45, 2.75) is 50.4 Å². The Labute approximate surface area is 519 Å². The second-order valence-electron chi connectivity index (χ2n) is 23.5. The molecule has 0 fully saturated rings. The highest BCUT2D eigenvalue weighted by atomic mass is 16.5. The van der Waals surface area contributed by atoms with Gasteiger partial charge in [-0.15, -0.1) is 0 Å². The van der Waals surface area contributed by atoms with Gasteiger partial charge in [0.2, 0.25) is 0 Å². The van der Waals surface area contributed by atoms with Crippen molar-refractivity contribution in [3.8, 4) is 50.2 Å². The third-order valence-corrected chi connectivity index (χ3v) is 18.3. The summed E-state index contributed by atoms with van der Waals surface area (Å²) in [4.78, 5) is 2.47. The lowest BCUT2D eigenvalue weighted by Gasteiger charge is -2.35. The van der Waals surface area contributed by atoms with Gasteiger partial charge >= 0.3 is 0 Å². The Hall–Kier alpha value is -7.74. The summed E-state index contributed by atoms with van der Waals surface area (Å²) in [6.45, 7) is 10.9. The quantitative estimate of drug-likeness (QED) is 0.0409. The summed E-state index contributed by atoms with van der Waals surface area (Å²) in [5.41, 5.74) is 23.1. The van der Waals surface area contributed by atoms with Crippen LogP contribution in [0.1, 0.15) is 59.1 Å². The lowest BCUT2D eigenvalue weighted by atomic mass is 9.72. The largest absolute Gasteiger partial charge is 0.382 e. The first-order chi connectivity index (χ1) is 43.3. The molecule has 9 aromatic carbocycles. The van der Waals surface area contributed by atoms with E-state index in [-0.39, 0.29) is 0 Å². The van der Waals surface area contributed by atoms with Crippen molar-refractivity contribution in [3.05, 3.63) is 228 Å². The molecule has 0 atom stereocenters. The van der Waals surface area contributed by atoms with Crippen LogP contribution in [0.4, 0.5) is 17.1 Å². The second-order valence-corrected chi connectivity index (χ2v) is 23.5. The number of rotatable bonds is 30. The molecule has 0 amide bonds. The molecular formula is C78H82N2O8. The van der Waals surface area contributed by atoms with E-state index in [9.17, 15) is 0 Å². The molecule has 0 aliphatic heterocycles. The molecule has 0 saturated carbocycles. The molecule has 2 aliphatic rings. The van der Waals surface area contributed by atoms with Gasteiger partial charge in [0, 0.05) is 99.1 Å². The standard InChI is InChI=1S/C78H82N2O8/c1-55-20-29-64-66-31-27-61(53-72(66)77(70(64)50-55,34-38-85-46-42-81-3)35-39-86-47-43-82-4)79(62-28-32-67-65-30-21-56(2)51-71(65)78(73(67)54-62,36-40-87-48-44-83-5)37-41-88-49-45-84-6)60-25-22-57(23-26-60)59-24-33-76-69(52-59)68-17-11-13-19-75(68)80(76)74-18-12-10-16-63(74)58-14-8-7-9-15-58/h7-33,50-54H,34-49H2,1-6H3. The average Bonchev–Trinajstić information content (AvgIpc) is 1.69. The summed E-state index contributed by atoms with van der Waals surface area (Å²) in [5, 5.41) is 2.42. The van der Waals surface area contributed by atoms with E-state index < -0.39 is 10.8 Å². The summed E-state index contributed by atoms with van der Waals surface area (Å²) >= 11 is 0. The van der Waals surface area contributed by atoms with Crippen LogP contribution in [0, 0.1) is 13.8 Å². The number of hydrogen-bond donors (Lipinski definition) is 0. The molecule has 2 aliphatic carbocycles. The molecule has 0 saturated heterocycles. The van der Waals surface area contributed by atoms with E-state index in [1.54, 1.807) is 28.4 Å². The van der Waals surface area contributed by atoms with Crippen LogP contribution in [0.3, 0.4) is 0 Å². The topological polar surface area (TPSA) is 82.0 Å². The van der Waals surface area contributed by atoms with Crippen LogP contribution in [-0.4, -0.2) is 112 Å². The van der Waals surface area contributed by atoms with Crippen LogP contribution in [0.5, 0.6) is 0 Å².